The lowest BCUT2D eigenvalue weighted by Gasteiger charge is -2.22. The molecular formula is C11H19N3O2. The molecule has 5 nitrogen and oxygen atoms in total. The molecule has 16 heavy (non-hydrogen) atoms. The summed E-state index contributed by atoms with van der Waals surface area (Å²) < 4.78 is 7.11. The SMILES string of the molecule is Cn1cc([C@@H](N)CO)c(C2CCOCC2)n1. The van der Waals surface area contributed by atoms with Crippen LogP contribution in [-0.4, -0.2) is 34.7 Å². The van der Waals surface area contributed by atoms with Crippen molar-refractivity contribution in [2.45, 2.75) is 24.8 Å². The molecule has 1 fully saturated rings. The number of nitrogens with two attached hydrogens (primary N) is 1. The van der Waals surface area contributed by atoms with Crippen LogP contribution in [0.1, 0.15) is 36.1 Å². The van der Waals surface area contributed by atoms with Crippen LogP contribution >= 0.6 is 0 Å². The third kappa shape index (κ3) is 2.26. The highest BCUT2D eigenvalue weighted by molar-refractivity contribution is 5.25. The minimum absolute atomic E-state index is 0.0398. The van der Waals surface area contributed by atoms with E-state index in [0.29, 0.717) is 5.92 Å². The van der Waals surface area contributed by atoms with Gasteiger partial charge in [-0.3, -0.25) is 4.68 Å². The third-order valence-corrected chi connectivity index (χ3v) is 3.09. The second-order valence-electron chi connectivity index (χ2n) is 4.32. The quantitative estimate of drug-likeness (QED) is 0.776. The van der Waals surface area contributed by atoms with Crippen molar-refractivity contribution in [3.05, 3.63) is 17.5 Å². The van der Waals surface area contributed by atoms with Gasteiger partial charge in [0.15, 0.2) is 0 Å². The average Bonchev–Trinajstić information content (AvgIpc) is 2.71. The van der Waals surface area contributed by atoms with Crippen molar-refractivity contribution < 1.29 is 9.84 Å². The molecule has 0 unspecified atom stereocenters. The van der Waals surface area contributed by atoms with Gasteiger partial charge in [0.25, 0.3) is 0 Å². The molecule has 0 radical (unpaired) electrons. The van der Waals surface area contributed by atoms with Gasteiger partial charge in [0.1, 0.15) is 0 Å². The van der Waals surface area contributed by atoms with Crippen LogP contribution in [0.2, 0.25) is 0 Å². The zero-order valence-electron chi connectivity index (χ0n) is 9.59. The number of hydrogen-bond donors (Lipinski definition) is 2. The molecule has 5 heteroatoms. The molecule has 1 aliphatic rings. The highest BCUT2D eigenvalue weighted by Crippen LogP contribution is 2.30. The molecule has 0 saturated carbocycles. The molecule has 90 valence electrons. The fourth-order valence-electron chi connectivity index (χ4n) is 2.20. The molecule has 0 spiro atoms. The van der Waals surface area contributed by atoms with Crippen LogP contribution in [0.4, 0.5) is 0 Å². The van der Waals surface area contributed by atoms with E-state index in [4.69, 9.17) is 15.6 Å². The van der Waals surface area contributed by atoms with E-state index < -0.39 is 0 Å². The zero-order chi connectivity index (χ0) is 11.5. The van der Waals surface area contributed by atoms with E-state index in [9.17, 15) is 0 Å². The first-order valence-electron chi connectivity index (χ1n) is 5.70. The number of aromatic nitrogens is 2. The Balaban J connectivity index is 2.24. The van der Waals surface area contributed by atoms with Gasteiger partial charge in [-0.05, 0) is 12.8 Å². The van der Waals surface area contributed by atoms with Crippen molar-refractivity contribution in [3.8, 4) is 0 Å². The molecule has 2 rings (SSSR count). The number of aliphatic hydroxyl groups excluding tert-OH is 1. The van der Waals surface area contributed by atoms with Crippen molar-refractivity contribution in [2.24, 2.45) is 12.8 Å². The Morgan fingerprint density at radius 1 is 1.62 bits per heavy atom. The fraction of sp³-hybridized carbons (Fsp3) is 0.727. The summed E-state index contributed by atoms with van der Waals surface area (Å²) in [6.45, 7) is 1.53. The van der Waals surface area contributed by atoms with Crippen LogP contribution in [0.15, 0.2) is 6.20 Å². The maximum atomic E-state index is 9.13. The number of aryl methyl sites for hydroxylation is 1. The van der Waals surface area contributed by atoms with Gasteiger partial charge < -0.3 is 15.6 Å². The van der Waals surface area contributed by atoms with Gasteiger partial charge in [-0.15, -0.1) is 0 Å². The van der Waals surface area contributed by atoms with Gasteiger partial charge in [0.2, 0.25) is 0 Å². The summed E-state index contributed by atoms with van der Waals surface area (Å²) in [4.78, 5) is 0. The van der Waals surface area contributed by atoms with Gasteiger partial charge in [-0.1, -0.05) is 0 Å². The Morgan fingerprint density at radius 2 is 2.31 bits per heavy atom. The molecule has 1 aliphatic heterocycles. The normalized spacial score (nSPS) is 19.9. The van der Waals surface area contributed by atoms with Crippen LogP contribution in [0.5, 0.6) is 0 Å². The van der Waals surface area contributed by atoms with Crippen LogP contribution in [0.25, 0.3) is 0 Å². The summed E-state index contributed by atoms with van der Waals surface area (Å²) in [6, 6.07) is -0.327. The number of hydrogen-bond acceptors (Lipinski definition) is 4. The van der Waals surface area contributed by atoms with Crippen LogP contribution < -0.4 is 5.73 Å². The van der Waals surface area contributed by atoms with Crippen LogP contribution in [0, 0.1) is 0 Å². The smallest absolute Gasteiger partial charge is 0.0705 e. The largest absolute Gasteiger partial charge is 0.394 e. The Bertz CT molecular complexity index is 345. The maximum Gasteiger partial charge on any atom is 0.0705 e. The van der Waals surface area contributed by atoms with Crippen molar-refractivity contribution in [2.75, 3.05) is 19.8 Å². The first-order chi connectivity index (χ1) is 7.72. The molecule has 0 aliphatic carbocycles. The maximum absolute atomic E-state index is 9.13. The van der Waals surface area contributed by atoms with Crippen molar-refractivity contribution in [1.29, 1.82) is 0 Å². The van der Waals surface area contributed by atoms with Gasteiger partial charge in [-0.2, -0.15) is 5.10 Å². The number of aliphatic hydroxyl groups is 1. The minimum atomic E-state index is -0.327. The van der Waals surface area contributed by atoms with E-state index >= 15 is 0 Å². The summed E-state index contributed by atoms with van der Waals surface area (Å²) in [5, 5.41) is 13.6. The molecule has 0 bridgehead atoms. The molecule has 1 aromatic heterocycles. The van der Waals surface area contributed by atoms with Crippen molar-refractivity contribution in [3.63, 3.8) is 0 Å². The van der Waals surface area contributed by atoms with E-state index in [0.717, 1.165) is 37.3 Å². The standard InChI is InChI=1S/C11H19N3O2/c1-14-6-9(10(12)7-15)11(13-14)8-2-4-16-5-3-8/h6,8,10,15H,2-5,7,12H2,1H3/t10-/m0/s1. The van der Waals surface area contributed by atoms with Gasteiger partial charge >= 0.3 is 0 Å². The topological polar surface area (TPSA) is 73.3 Å². The second-order valence-corrected chi connectivity index (χ2v) is 4.32. The van der Waals surface area contributed by atoms with Crippen molar-refractivity contribution in [1.82, 2.24) is 9.78 Å². The van der Waals surface area contributed by atoms with E-state index in [1.165, 1.54) is 0 Å². The molecule has 1 aromatic rings. The predicted octanol–water partition coefficient (Wildman–Crippen LogP) is 0.306. The zero-order valence-corrected chi connectivity index (χ0v) is 9.59. The lowest BCUT2D eigenvalue weighted by Crippen LogP contribution is -2.20. The van der Waals surface area contributed by atoms with E-state index in [1.807, 2.05) is 13.2 Å². The van der Waals surface area contributed by atoms with Crippen LogP contribution in [0.3, 0.4) is 0 Å². The molecule has 1 saturated heterocycles. The molecule has 0 amide bonds. The summed E-state index contributed by atoms with van der Waals surface area (Å²) in [5.41, 5.74) is 7.88. The Hall–Kier alpha value is -0.910. The molecule has 2 heterocycles. The van der Waals surface area contributed by atoms with Gasteiger partial charge in [0, 0.05) is 37.9 Å². The highest BCUT2D eigenvalue weighted by Gasteiger charge is 2.24. The Kier molecular flexibility index (Phi) is 3.58. The van der Waals surface area contributed by atoms with Crippen molar-refractivity contribution >= 4 is 0 Å². The summed E-state index contributed by atoms with van der Waals surface area (Å²) in [5.74, 6) is 0.419. The first-order valence-corrected chi connectivity index (χ1v) is 5.70. The monoisotopic (exact) mass is 225 g/mol. The molecular weight excluding hydrogens is 206 g/mol. The number of nitrogens with zero attached hydrogens (tertiary/aromatic N) is 2. The lowest BCUT2D eigenvalue weighted by molar-refractivity contribution is 0.0840. The predicted molar refractivity (Wildman–Crippen MR) is 60.0 cm³/mol. The third-order valence-electron chi connectivity index (χ3n) is 3.09. The minimum Gasteiger partial charge on any atom is -0.394 e. The second kappa shape index (κ2) is 4.95. The van der Waals surface area contributed by atoms with Gasteiger partial charge in [0.05, 0.1) is 18.3 Å². The average molecular weight is 225 g/mol. The van der Waals surface area contributed by atoms with E-state index in [-0.39, 0.29) is 12.6 Å². The van der Waals surface area contributed by atoms with E-state index in [1.54, 1.807) is 4.68 Å². The fourth-order valence-corrected chi connectivity index (χ4v) is 2.20. The van der Waals surface area contributed by atoms with Gasteiger partial charge in [-0.25, -0.2) is 0 Å². The molecule has 0 aromatic carbocycles. The molecule has 1 atom stereocenters. The summed E-state index contributed by atoms with van der Waals surface area (Å²) in [6.07, 6.45) is 3.88. The lowest BCUT2D eigenvalue weighted by atomic mass is 9.92. The first kappa shape index (κ1) is 11.6. The summed E-state index contributed by atoms with van der Waals surface area (Å²) >= 11 is 0. The number of ether oxygens (including phenoxy) is 1. The van der Waals surface area contributed by atoms with E-state index in [2.05, 4.69) is 5.10 Å². The highest BCUT2D eigenvalue weighted by atomic mass is 16.5. The summed E-state index contributed by atoms with van der Waals surface area (Å²) in [7, 11) is 1.89. The van der Waals surface area contributed by atoms with Crippen LogP contribution in [-0.2, 0) is 11.8 Å². The molecule has 3 N–H and O–H groups in total. The Labute approximate surface area is 95.2 Å². The number of rotatable bonds is 3. The Morgan fingerprint density at radius 3 is 2.94 bits per heavy atom.